The van der Waals surface area contributed by atoms with Crippen LogP contribution < -0.4 is 5.32 Å². The lowest BCUT2D eigenvalue weighted by molar-refractivity contribution is -0.156. The summed E-state index contributed by atoms with van der Waals surface area (Å²) in [5.41, 5.74) is 4.73. The molecular formula is C22H16F3N3O2S. The van der Waals surface area contributed by atoms with Crippen LogP contribution in [-0.2, 0) is 11.2 Å². The summed E-state index contributed by atoms with van der Waals surface area (Å²) in [6, 6.07) is 16.5. The first-order valence-corrected chi connectivity index (χ1v) is 10.1. The number of fused-ring (bicyclic) bond motifs is 2. The van der Waals surface area contributed by atoms with Gasteiger partial charge in [-0.25, -0.2) is 0 Å². The minimum absolute atomic E-state index is 0.00235. The molecule has 5 rings (SSSR count). The number of aldehydes is 1. The first-order chi connectivity index (χ1) is 14.8. The SMILES string of the molecule is O=C1NCCc2[nH]c(-c3ccnc(-c4cc5ccccc5s4)c3)cc21.O=CC(F)(F)F. The molecule has 9 heteroatoms. The maximum atomic E-state index is 12.0. The van der Waals surface area contributed by atoms with Crippen molar-refractivity contribution in [3.63, 3.8) is 0 Å². The molecule has 1 aliphatic heterocycles. The van der Waals surface area contributed by atoms with Crippen LogP contribution in [0.3, 0.4) is 0 Å². The van der Waals surface area contributed by atoms with Crippen LogP contribution in [0.2, 0.25) is 0 Å². The van der Waals surface area contributed by atoms with Crippen molar-refractivity contribution in [3.05, 3.63) is 66.0 Å². The Kier molecular flexibility index (Phi) is 5.60. The van der Waals surface area contributed by atoms with Crippen LogP contribution in [0.4, 0.5) is 13.2 Å². The molecule has 0 fully saturated rings. The fraction of sp³-hybridized carbons (Fsp3) is 0.136. The van der Waals surface area contributed by atoms with Crippen molar-refractivity contribution in [3.8, 4) is 21.8 Å². The average molecular weight is 443 g/mol. The summed E-state index contributed by atoms with van der Waals surface area (Å²) in [7, 11) is 0. The number of aromatic nitrogens is 2. The minimum atomic E-state index is -4.64. The van der Waals surface area contributed by atoms with Crippen LogP contribution in [-0.4, -0.2) is 34.9 Å². The van der Waals surface area contributed by atoms with Crippen LogP contribution in [0, 0.1) is 0 Å². The molecule has 3 aromatic heterocycles. The van der Waals surface area contributed by atoms with E-state index in [-0.39, 0.29) is 5.91 Å². The number of carbonyl (C=O) groups is 2. The van der Waals surface area contributed by atoms with Gasteiger partial charge in [0.1, 0.15) is 0 Å². The molecule has 1 aromatic carbocycles. The van der Waals surface area contributed by atoms with Crippen LogP contribution in [0.15, 0.2) is 54.7 Å². The molecule has 1 amide bonds. The summed E-state index contributed by atoms with van der Waals surface area (Å²) in [4.78, 5) is 29.8. The van der Waals surface area contributed by atoms with Gasteiger partial charge in [-0.15, -0.1) is 11.3 Å². The quantitative estimate of drug-likeness (QED) is 0.429. The van der Waals surface area contributed by atoms with Gasteiger partial charge in [0, 0.05) is 40.8 Å². The summed E-state index contributed by atoms with van der Waals surface area (Å²) in [6.07, 6.45) is -3.03. The molecule has 0 aliphatic carbocycles. The van der Waals surface area contributed by atoms with Crippen LogP contribution in [0.25, 0.3) is 31.9 Å². The maximum absolute atomic E-state index is 12.0. The van der Waals surface area contributed by atoms with Crippen molar-refractivity contribution in [2.75, 3.05) is 6.54 Å². The maximum Gasteiger partial charge on any atom is 0.446 e. The standard InChI is InChI=1S/C20H15N3OS.C2HF3O/c24-20-14-11-16(23-15(14)6-8-22-20)12-5-7-21-17(9-12)19-10-13-3-1-2-4-18(13)25-19;3-2(4,5)1-6/h1-5,7,9-11,23H,6,8H2,(H,22,24);1H. The molecule has 0 radical (unpaired) electrons. The number of halogens is 3. The van der Waals surface area contributed by atoms with E-state index in [1.807, 2.05) is 18.3 Å². The molecule has 4 aromatic rings. The van der Waals surface area contributed by atoms with Crippen molar-refractivity contribution in [2.45, 2.75) is 12.6 Å². The summed E-state index contributed by atoms with van der Waals surface area (Å²) >= 11 is 1.75. The minimum Gasteiger partial charge on any atom is -0.358 e. The molecule has 0 unspecified atom stereocenters. The molecule has 31 heavy (non-hydrogen) atoms. The number of amides is 1. The summed E-state index contributed by atoms with van der Waals surface area (Å²) in [5, 5.41) is 4.12. The summed E-state index contributed by atoms with van der Waals surface area (Å²) in [6.45, 7) is 0.690. The van der Waals surface area contributed by atoms with Crippen LogP contribution in [0.1, 0.15) is 16.1 Å². The Morgan fingerprint density at radius 1 is 1.10 bits per heavy atom. The van der Waals surface area contributed by atoms with E-state index in [0.717, 1.165) is 39.5 Å². The lowest BCUT2D eigenvalue weighted by Gasteiger charge is -2.10. The molecule has 0 saturated carbocycles. The molecule has 5 nitrogen and oxygen atoms in total. The third kappa shape index (κ3) is 4.66. The molecule has 2 N–H and O–H groups in total. The highest BCUT2D eigenvalue weighted by atomic mass is 32.1. The summed E-state index contributed by atoms with van der Waals surface area (Å²) < 4.78 is 32.5. The molecule has 1 aliphatic rings. The fourth-order valence-electron chi connectivity index (χ4n) is 3.29. The molecule has 158 valence electrons. The number of benzene rings is 1. The topological polar surface area (TPSA) is 74.8 Å². The van der Waals surface area contributed by atoms with Gasteiger partial charge in [0.05, 0.1) is 16.1 Å². The normalized spacial score (nSPS) is 13.2. The Morgan fingerprint density at radius 3 is 2.58 bits per heavy atom. The number of aromatic amines is 1. The number of nitrogens with one attached hydrogen (secondary N) is 2. The highest BCUT2D eigenvalue weighted by molar-refractivity contribution is 7.22. The van der Waals surface area contributed by atoms with Gasteiger partial charge in [-0.2, -0.15) is 13.2 Å². The van der Waals surface area contributed by atoms with Crippen LogP contribution >= 0.6 is 11.3 Å². The second-order valence-corrected chi connectivity index (χ2v) is 7.90. The van der Waals surface area contributed by atoms with Gasteiger partial charge < -0.3 is 10.3 Å². The molecular weight excluding hydrogens is 427 g/mol. The van der Waals surface area contributed by atoms with Crippen molar-refractivity contribution in [2.24, 2.45) is 0 Å². The Labute approximate surface area is 178 Å². The van der Waals surface area contributed by atoms with Gasteiger partial charge in [0.15, 0.2) is 0 Å². The van der Waals surface area contributed by atoms with Gasteiger partial charge in [0.2, 0.25) is 6.29 Å². The lowest BCUT2D eigenvalue weighted by atomic mass is 10.1. The number of alkyl halides is 3. The number of pyridine rings is 1. The monoisotopic (exact) mass is 443 g/mol. The first kappa shape index (κ1) is 20.8. The Hall–Kier alpha value is -3.46. The van der Waals surface area contributed by atoms with Gasteiger partial charge in [0.25, 0.3) is 5.91 Å². The second kappa shape index (κ2) is 8.35. The van der Waals surface area contributed by atoms with Gasteiger partial charge in [-0.3, -0.25) is 14.6 Å². The zero-order chi connectivity index (χ0) is 22.0. The van der Waals surface area contributed by atoms with E-state index in [4.69, 9.17) is 4.79 Å². The van der Waals surface area contributed by atoms with E-state index in [9.17, 15) is 18.0 Å². The van der Waals surface area contributed by atoms with Crippen LogP contribution in [0.5, 0.6) is 0 Å². The highest BCUT2D eigenvalue weighted by Crippen LogP contribution is 2.34. The van der Waals surface area contributed by atoms with Crippen molar-refractivity contribution in [1.29, 1.82) is 0 Å². The molecule has 0 bridgehead atoms. The van der Waals surface area contributed by atoms with Gasteiger partial charge in [-0.1, -0.05) is 18.2 Å². The number of carbonyl (C=O) groups excluding carboxylic acids is 2. The van der Waals surface area contributed by atoms with Gasteiger partial charge >= 0.3 is 6.18 Å². The second-order valence-electron chi connectivity index (χ2n) is 6.82. The molecule has 0 spiro atoms. The Balaban J connectivity index is 0.000000342. The van der Waals surface area contributed by atoms with E-state index in [1.165, 1.54) is 10.1 Å². The van der Waals surface area contributed by atoms with E-state index in [0.29, 0.717) is 6.54 Å². The predicted octanol–water partition coefficient (Wildman–Crippen LogP) is 4.99. The zero-order valence-corrected chi connectivity index (χ0v) is 16.8. The van der Waals surface area contributed by atoms with E-state index in [2.05, 4.69) is 51.7 Å². The number of thiophene rings is 1. The third-order valence-electron chi connectivity index (χ3n) is 4.69. The average Bonchev–Trinajstić information content (AvgIpc) is 3.39. The Morgan fingerprint density at radius 2 is 1.87 bits per heavy atom. The smallest absolute Gasteiger partial charge is 0.358 e. The molecule has 0 saturated heterocycles. The molecule has 0 atom stereocenters. The Bertz CT molecular complexity index is 1230. The van der Waals surface area contributed by atoms with E-state index >= 15 is 0 Å². The third-order valence-corrected chi connectivity index (χ3v) is 5.83. The predicted molar refractivity (Wildman–Crippen MR) is 113 cm³/mol. The number of hydrogen-bond acceptors (Lipinski definition) is 4. The van der Waals surface area contributed by atoms with Gasteiger partial charge in [-0.05, 0) is 35.7 Å². The lowest BCUT2D eigenvalue weighted by Crippen LogP contribution is -2.31. The van der Waals surface area contributed by atoms with Crippen molar-refractivity contribution in [1.82, 2.24) is 15.3 Å². The first-order valence-electron chi connectivity index (χ1n) is 9.32. The number of hydrogen-bond donors (Lipinski definition) is 2. The van der Waals surface area contributed by atoms with E-state index in [1.54, 1.807) is 11.3 Å². The zero-order valence-electron chi connectivity index (χ0n) is 16.0. The summed E-state index contributed by atoms with van der Waals surface area (Å²) in [5.74, 6) is 0.00235. The number of nitrogens with zero attached hydrogens (tertiary/aromatic N) is 1. The highest BCUT2D eigenvalue weighted by Gasteiger charge is 2.25. The molecule has 4 heterocycles. The number of rotatable bonds is 2. The van der Waals surface area contributed by atoms with Crippen molar-refractivity contribution >= 4 is 33.6 Å². The van der Waals surface area contributed by atoms with Crippen molar-refractivity contribution < 1.29 is 22.8 Å². The number of H-pyrrole nitrogens is 1. The van der Waals surface area contributed by atoms with E-state index < -0.39 is 12.5 Å². The largest absolute Gasteiger partial charge is 0.446 e. The fourth-order valence-corrected chi connectivity index (χ4v) is 4.32.